The van der Waals surface area contributed by atoms with Crippen molar-refractivity contribution in [1.82, 2.24) is 4.98 Å². The fourth-order valence-electron chi connectivity index (χ4n) is 3.18. The fourth-order valence-corrected chi connectivity index (χ4v) is 3.18. The van der Waals surface area contributed by atoms with Gasteiger partial charge in [0.1, 0.15) is 12.4 Å². The highest BCUT2D eigenvalue weighted by atomic mass is 16.5. The molecule has 0 spiro atoms. The van der Waals surface area contributed by atoms with Crippen LogP contribution in [0.25, 0.3) is 22.2 Å². The number of carbonyl (C=O) groups is 1. The zero-order chi connectivity index (χ0) is 19.5. The number of carboxylic acid groups (broad SMARTS) is 1. The van der Waals surface area contributed by atoms with Crippen molar-refractivity contribution < 1.29 is 14.6 Å². The van der Waals surface area contributed by atoms with Crippen LogP contribution in [0, 0.1) is 6.92 Å². The molecule has 1 N–H and O–H groups in total. The number of nitrogens with zero attached hydrogens (tertiary/aromatic N) is 1. The predicted octanol–water partition coefficient (Wildman–Crippen LogP) is 5.49. The van der Waals surface area contributed by atoms with E-state index in [1.54, 1.807) is 12.1 Å². The third-order valence-electron chi connectivity index (χ3n) is 4.67. The van der Waals surface area contributed by atoms with Crippen molar-refractivity contribution in [3.63, 3.8) is 0 Å². The van der Waals surface area contributed by atoms with Gasteiger partial charge in [-0.1, -0.05) is 48.5 Å². The van der Waals surface area contributed by atoms with E-state index in [9.17, 15) is 9.90 Å². The maximum atomic E-state index is 11.7. The van der Waals surface area contributed by atoms with Crippen LogP contribution in [-0.4, -0.2) is 16.1 Å². The van der Waals surface area contributed by atoms with Gasteiger partial charge < -0.3 is 9.84 Å². The molecule has 0 aliphatic rings. The van der Waals surface area contributed by atoms with Crippen molar-refractivity contribution in [3.8, 4) is 17.0 Å². The van der Waals surface area contributed by atoms with Gasteiger partial charge in [0, 0.05) is 10.9 Å². The first-order valence-electron chi connectivity index (χ1n) is 9.02. The van der Waals surface area contributed by atoms with Crippen molar-refractivity contribution in [2.45, 2.75) is 13.5 Å². The Morgan fingerprint density at radius 1 is 0.964 bits per heavy atom. The number of hydrogen-bond acceptors (Lipinski definition) is 3. The minimum atomic E-state index is -0.956. The molecule has 1 aromatic heterocycles. The first-order chi connectivity index (χ1) is 13.6. The molecule has 28 heavy (non-hydrogen) atoms. The largest absolute Gasteiger partial charge is 0.489 e. The molecule has 4 nitrogen and oxygen atoms in total. The molecule has 0 fully saturated rings. The van der Waals surface area contributed by atoms with Crippen LogP contribution in [0.4, 0.5) is 0 Å². The molecular formula is C24H19NO3. The van der Waals surface area contributed by atoms with E-state index in [4.69, 9.17) is 9.72 Å². The first kappa shape index (κ1) is 17.7. The molecule has 138 valence electrons. The summed E-state index contributed by atoms with van der Waals surface area (Å²) < 4.78 is 5.82. The molecule has 4 heteroatoms. The number of ether oxygens (including phenoxy) is 1. The maximum absolute atomic E-state index is 11.7. The second-order valence-corrected chi connectivity index (χ2v) is 6.63. The summed E-state index contributed by atoms with van der Waals surface area (Å²) in [6, 6.07) is 24.7. The van der Waals surface area contributed by atoms with Gasteiger partial charge in [-0.05, 0) is 48.4 Å². The Labute approximate surface area is 163 Å². The second kappa shape index (κ2) is 7.53. The van der Waals surface area contributed by atoms with Gasteiger partial charge in [0.15, 0.2) is 0 Å². The molecule has 0 amide bonds. The minimum absolute atomic E-state index is 0.258. The molecule has 0 radical (unpaired) electrons. The molecule has 0 aliphatic heterocycles. The molecule has 0 unspecified atom stereocenters. The minimum Gasteiger partial charge on any atom is -0.489 e. The second-order valence-electron chi connectivity index (χ2n) is 6.63. The van der Waals surface area contributed by atoms with Gasteiger partial charge in [-0.25, -0.2) is 9.78 Å². The number of aryl methyl sites for hydroxylation is 1. The van der Waals surface area contributed by atoms with E-state index in [0.717, 1.165) is 22.4 Å². The highest BCUT2D eigenvalue weighted by Gasteiger charge is 2.14. The molecule has 0 atom stereocenters. The fraction of sp³-hybridized carbons (Fsp3) is 0.0833. The van der Waals surface area contributed by atoms with Crippen LogP contribution in [0.5, 0.6) is 5.75 Å². The standard InChI is InChI=1S/C24H19NO3/c1-16-6-5-9-20-21(24(26)27)14-22(25-23(16)20)18-10-12-19(13-11-18)28-15-17-7-3-2-4-8-17/h2-14H,15H2,1H3,(H,26,27). The molecule has 0 bridgehead atoms. The molecule has 1 heterocycles. The van der Waals surface area contributed by atoms with Gasteiger partial charge in [0.05, 0.1) is 16.8 Å². The van der Waals surface area contributed by atoms with E-state index >= 15 is 0 Å². The van der Waals surface area contributed by atoms with E-state index in [1.807, 2.05) is 73.7 Å². The molecule has 4 aromatic rings. The highest BCUT2D eigenvalue weighted by Crippen LogP contribution is 2.28. The average Bonchev–Trinajstić information content (AvgIpc) is 2.73. The molecule has 0 saturated carbocycles. The number of pyridine rings is 1. The third kappa shape index (κ3) is 3.58. The van der Waals surface area contributed by atoms with E-state index in [2.05, 4.69) is 0 Å². The topological polar surface area (TPSA) is 59.4 Å². The number of aromatic nitrogens is 1. The Morgan fingerprint density at radius 3 is 2.43 bits per heavy atom. The average molecular weight is 369 g/mol. The molecular weight excluding hydrogens is 350 g/mol. The van der Waals surface area contributed by atoms with Gasteiger partial charge in [-0.15, -0.1) is 0 Å². The lowest BCUT2D eigenvalue weighted by Gasteiger charge is -2.10. The van der Waals surface area contributed by atoms with Crippen molar-refractivity contribution >= 4 is 16.9 Å². The van der Waals surface area contributed by atoms with Crippen LogP contribution in [-0.2, 0) is 6.61 Å². The summed E-state index contributed by atoms with van der Waals surface area (Å²) in [5, 5.41) is 10.3. The zero-order valence-corrected chi connectivity index (χ0v) is 15.4. The SMILES string of the molecule is Cc1cccc2c(C(=O)O)cc(-c3ccc(OCc4ccccc4)cc3)nc12. The highest BCUT2D eigenvalue weighted by molar-refractivity contribution is 6.04. The van der Waals surface area contributed by atoms with Crippen LogP contribution in [0.15, 0.2) is 78.9 Å². The third-order valence-corrected chi connectivity index (χ3v) is 4.67. The van der Waals surface area contributed by atoms with Crippen LogP contribution in [0.1, 0.15) is 21.5 Å². The van der Waals surface area contributed by atoms with Gasteiger partial charge in [-0.2, -0.15) is 0 Å². The van der Waals surface area contributed by atoms with Crippen LogP contribution in [0.2, 0.25) is 0 Å². The molecule has 3 aromatic carbocycles. The zero-order valence-electron chi connectivity index (χ0n) is 15.4. The lowest BCUT2D eigenvalue weighted by Crippen LogP contribution is -2.01. The van der Waals surface area contributed by atoms with Gasteiger partial charge >= 0.3 is 5.97 Å². The van der Waals surface area contributed by atoms with Crippen molar-refractivity contribution in [2.75, 3.05) is 0 Å². The Bertz CT molecular complexity index is 1140. The van der Waals surface area contributed by atoms with Gasteiger partial charge in [0.25, 0.3) is 0 Å². The maximum Gasteiger partial charge on any atom is 0.336 e. The summed E-state index contributed by atoms with van der Waals surface area (Å²) in [7, 11) is 0. The van der Waals surface area contributed by atoms with E-state index in [-0.39, 0.29) is 5.56 Å². The van der Waals surface area contributed by atoms with Crippen molar-refractivity contribution in [1.29, 1.82) is 0 Å². The van der Waals surface area contributed by atoms with Gasteiger partial charge in [0.2, 0.25) is 0 Å². The Hall–Kier alpha value is -3.66. The predicted molar refractivity (Wildman–Crippen MR) is 110 cm³/mol. The molecule has 0 aliphatic carbocycles. The first-order valence-corrected chi connectivity index (χ1v) is 9.02. The lowest BCUT2D eigenvalue weighted by atomic mass is 10.0. The Kier molecular flexibility index (Phi) is 4.77. The van der Waals surface area contributed by atoms with E-state index < -0.39 is 5.97 Å². The number of hydrogen-bond donors (Lipinski definition) is 1. The number of para-hydroxylation sites is 1. The number of benzene rings is 3. The lowest BCUT2D eigenvalue weighted by molar-refractivity contribution is 0.0699. The summed E-state index contributed by atoms with van der Waals surface area (Å²) in [6.07, 6.45) is 0. The quantitative estimate of drug-likeness (QED) is 0.505. The summed E-state index contributed by atoms with van der Waals surface area (Å²) in [4.78, 5) is 16.4. The van der Waals surface area contributed by atoms with Crippen LogP contribution >= 0.6 is 0 Å². The van der Waals surface area contributed by atoms with Crippen LogP contribution in [0.3, 0.4) is 0 Å². The normalized spacial score (nSPS) is 10.8. The summed E-state index contributed by atoms with van der Waals surface area (Å²) in [5.41, 5.74) is 4.50. The summed E-state index contributed by atoms with van der Waals surface area (Å²) in [5.74, 6) is -0.204. The van der Waals surface area contributed by atoms with Gasteiger partial charge in [-0.3, -0.25) is 0 Å². The summed E-state index contributed by atoms with van der Waals surface area (Å²) >= 11 is 0. The number of rotatable bonds is 5. The number of aromatic carboxylic acids is 1. The monoisotopic (exact) mass is 369 g/mol. The Balaban J connectivity index is 1.64. The smallest absolute Gasteiger partial charge is 0.336 e. The van der Waals surface area contributed by atoms with Crippen molar-refractivity contribution in [3.05, 3.63) is 95.6 Å². The Morgan fingerprint density at radius 2 is 1.71 bits per heavy atom. The van der Waals surface area contributed by atoms with E-state index in [1.165, 1.54) is 0 Å². The molecule has 0 saturated heterocycles. The summed E-state index contributed by atoms with van der Waals surface area (Å²) in [6.45, 7) is 2.43. The van der Waals surface area contributed by atoms with E-state index in [0.29, 0.717) is 23.2 Å². The number of carboxylic acids is 1. The van der Waals surface area contributed by atoms with Crippen molar-refractivity contribution in [2.24, 2.45) is 0 Å². The van der Waals surface area contributed by atoms with Crippen LogP contribution < -0.4 is 4.74 Å². The molecule has 4 rings (SSSR count). The number of fused-ring (bicyclic) bond motifs is 1.